The molecule has 3 nitrogen and oxygen atoms in total. The van der Waals surface area contributed by atoms with Gasteiger partial charge in [0, 0.05) is 6.04 Å². The van der Waals surface area contributed by atoms with E-state index in [1.165, 1.54) is 0 Å². The van der Waals surface area contributed by atoms with Crippen LogP contribution in [0.3, 0.4) is 0 Å². The highest BCUT2D eigenvalue weighted by molar-refractivity contribution is 5.70. The number of hydrogen-bond acceptors (Lipinski definition) is 3. The number of nitrogens with two attached hydrogens (primary N) is 1. The van der Waals surface area contributed by atoms with Gasteiger partial charge in [-0.3, -0.25) is 4.79 Å². The molecule has 0 amide bonds. The summed E-state index contributed by atoms with van der Waals surface area (Å²) < 4.78 is 15.8. The number of ether oxygens (including phenoxy) is 1. The molecule has 4 heteroatoms. The SMILES string of the molecule is NC(CC(=O)OCF)c1ccccc1. The van der Waals surface area contributed by atoms with Gasteiger partial charge >= 0.3 is 5.97 Å². The standard InChI is InChI=1S/C10H12FNO2/c11-7-14-10(13)6-9(12)8-4-2-1-3-5-8/h1-5,9H,6-7,12H2. The molecule has 0 saturated carbocycles. The van der Waals surface area contributed by atoms with E-state index in [1.54, 1.807) is 0 Å². The summed E-state index contributed by atoms with van der Waals surface area (Å²) in [5.74, 6) is -0.621. The monoisotopic (exact) mass is 197 g/mol. The fraction of sp³-hybridized carbons (Fsp3) is 0.300. The highest BCUT2D eigenvalue weighted by Gasteiger charge is 2.11. The lowest BCUT2D eigenvalue weighted by Gasteiger charge is -2.09. The predicted molar refractivity (Wildman–Crippen MR) is 50.1 cm³/mol. The van der Waals surface area contributed by atoms with E-state index >= 15 is 0 Å². The van der Waals surface area contributed by atoms with Crippen LogP contribution >= 0.6 is 0 Å². The molecule has 1 atom stereocenters. The van der Waals surface area contributed by atoms with Crippen molar-refractivity contribution >= 4 is 5.97 Å². The number of halogens is 1. The molecule has 0 aliphatic rings. The first-order valence-corrected chi connectivity index (χ1v) is 4.26. The predicted octanol–water partition coefficient (Wildman–Crippen LogP) is 1.55. The average molecular weight is 197 g/mol. The Bertz CT molecular complexity index is 289. The van der Waals surface area contributed by atoms with Gasteiger partial charge in [0.05, 0.1) is 6.42 Å². The van der Waals surface area contributed by atoms with E-state index in [0.29, 0.717) is 0 Å². The molecule has 0 radical (unpaired) electrons. The first kappa shape index (κ1) is 10.7. The molecular weight excluding hydrogens is 185 g/mol. The largest absolute Gasteiger partial charge is 0.434 e. The fourth-order valence-electron chi connectivity index (χ4n) is 1.12. The maximum Gasteiger partial charge on any atom is 0.310 e. The molecule has 0 heterocycles. The quantitative estimate of drug-likeness (QED) is 0.745. The van der Waals surface area contributed by atoms with Crippen molar-refractivity contribution in [1.29, 1.82) is 0 Å². The molecule has 1 rings (SSSR count). The van der Waals surface area contributed by atoms with E-state index in [0.717, 1.165) is 5.56 Å². The Hall–Kier alpha value is -1.42. The Morgan fingerprint density at radius 2 is 2.07 bits per heavy atom. The van der Waals surface area contributed by atoms with Gasteiger partial charge < -0.3 is 10.5 Å². The molecular formula is C10H12FNO2. The molecule has 0 saturated heterocycles. The molecule has 0 spiro atoms. The minimum Gasteiger partial charge on any atom is -0.434 e. The zero-order chi connectivity index (χ0) is 10.4. The van der Waals surface area contributed by atoms with Gasteiger partial charge in [0.2, 0.25) is 6.86 Å². The van der Waals surface area contributed by atoms with Crippen molar-refractivity contribution in [2.75, 3.05) is 6.86 Å². The van der Waals surface area contributed by atoms with Crippen LogP contribution in [0.5, 0.6) is 0 Å². The van der Waals surface area contributed by atoms with E-state index < -0.39 is 18.9 Å². The summed E-state index contributed by atoms with van der Waals surface area (Å²) in [7, 11) is 0. The van der Waals surface area contributed by atoms with Gasteiger partial charge in [-0.25, -0.2) is 4.39 Å². The summed E-state index contributed by atoms with van der Waals surface area (Å²) >= 11 is 0. The Labute approximate surface area is 81.7 Å². The summed E-state index contributed by atoms with van der Waals surface area (Å²) in [6.45, 7) is -1.10. The number of esters is 1. The van der Waals surface area contributed by atoms with E-state index in [-0.39, 0.29) is 6.42 Å². The van der Waals surface area contributed by atoms with Gasteiger partial charge in [-0.05, 0) is 5.56 Å². The van der Waals surface area contributed by atoms with Crippen LogP contribution < -0.4 is 5.73 Å². The molecule has 0 aromatic heterocycles. The minimum atomic E-state index is -1.10. The summed E-state index contributed by atoms with van der Waals surface area (Å²) in [5, 5.41) is 0. The zero-order valence-corrected chi connectivity index (χ0v) is 7.65. The number of hydrogen-bond donors (Lipinski definition) is 1. The van der Waals surface area contributed by atoms with Crippen molar-refractivity contribution in [1.82, 2.24) is 0 Å². The van der Waals surface area contributed by atoms with Crippen LogP contribution in [0, 0.1) is 0 Å². The summed E-state index contributed by atoms with van der Waals surface area (Å²) in [5.41, 5.74) is 6.54. The van der Waals surface area contributed by atoms with Crippen molar-refractivity contribution in [3.63, 3.8) is 0 Å². The van der Waals surface area contributed by atoms with Gasteiger partial charge in [0.25, 0.3) is 0 Å². The van der Waals surface area contributed by atoms with Crippen molar-refractivity contribution in [2.45, 2.75) is 12.5 Å². The van der Waals surface area contributed by atoms with Crippen LogP contribution in [-0.2, 0) is 9.53 Å². The van der Waals surface area contributed by atoms with Crippen molar-refractivity contribution < 1.29 is 13.9 Å². The molecule has 2 N–H and O–H groups in total. The van der Waals surface area contributed by atoms with E-state index in [1.807, 2.05) is 30.3 Å². The second-order valence-electron chi connectivity index (χ2n) is 2.85. The first-order chi connectivity index (χ1) is 6.74. The summed E-state index contributed by atoms with van der Waals surface area (Å²) in [6, 6.07) is 8.71. The Morgan fingerprint density at radius 3 is 2.64 bits per heavy atom. The molecule has 1 aromatic carbocycles. The molecule has 0 fully saturated rings. The van der Waals surface area contributed by atoms with Crippen molar-refractivity contribution in [2.24, 2.45) is 5.73 Å². The highest BCUT2D eigenvalue weighted by atomic mass is 19.1. The Kier molecular flexibility index (Phi) is 4.07. The van der Waals surface area contributed by atoms with E-state index in [4.69, 9.17) is 5.73 Å². The van der Waals surface area contributed by atoms with Crippen molar-refractivity contribution in [3.8, 4) is 0 Å². The number of rotatable bonds is 4. The maximum atomic E-state index is 11.6. The maximum absolute atomic E-state index is 11.6. The second-order valence-corrected chi connectivity index (χ2v) is 2.85. The van der Waals surface area contributed by atoms with Crippen LogP contribution in [0.4, 0.5) is 4.39 Å². The van der Waals surface area contributed by atoms with E-state index in [2.05, 4.69) is 4.74 Å². The fourth-order valence-corrected chi connectivity index (χ4v) is 1.12. The summed E-state index contributed by atoms with van der Waals surface area (Å²) in [6.07, 6.45) is -0.00602. The number of alkyl halides is 1. The highest BCUT2D eigenvalue weighted by Crippen LogP contribution is 2.13. The summed E-state index contributed by atoms with van der Waals surface area (Å²) in [4.78, 5) is 10.9. The lowest BCUT2D eigenvalue weighted by Crippen LogP contribution is -2.16. The topological polar surface area (TPSA) is 52.3 Å². The van der Waals surface area contributed by atoms with Gasteiger partial charge in [0.15, 0.2) is 0 Å². The number of carbonyl (C=O) groups is 1. The normalized spacial score (nSPS) is 12.1. The van der Waals surface area contributed by atoms with Crippen molar-refractivity contribution in [3.05, 3.63) is 35.9 Å². The molecule has 1 aromatic rings. The third-order valence-electron chi connectivity index (χ3n) is 1.83. The Morgan fingerprint density at radius 1 is 1.43 bits per heavy atom. The smallest absolute Gasteiger partial charge is 0.310 e. The van der Waals surface area contributed by atoms with E-state index in [9.17, 15) is 9.18 Å². The molecule has 1 unspecified atom stereocenters. The lowest BCUT2D eigenvalue weighted by molar-refractivity contribution is -0.148. The van der Waals surface area contributed by atoms with Crippen LogP contribution in [0.1, 0.15) is 18.0 Å². The molecule has 14 heavy (non-hydrogen) atoms. The third-order valence-corrected chi connectivity index (χ3v) is 1.83. The zero-order valence-electron chi connectivity index (χ0n) is 7.65. The van der Waals surface area contributed by atoms with Crippen LogP contribution in [-0.4, -0.2) is 12.8 Å². The van der Waals surface area contributed by atoms with Crippen LogP contribution in [0.15, 0.2) is 30.3 Å². The van der Waals surface area contributed by atoms with Crippen LogP contribution in [0.25, 0.3) is 0 Å². The van der Waals surface area contributed by atoms with Gasteiger partial charge in [-0.2, -0.15) is 0 Å². The molecule has 76 valence electrons. The first-order valence-electron chi connectivity index (χ1n) is 4.26. The Balaban J connectivity index is 2.50. The third kappa shape index (κ3) is 3.14. The molecule has 0 bridgehead atoms. The molecule has 0 aliphatic heterocycles. The van der Waals surface area contributed by atoms with Crippen LogP contribution in [0.2, 0.25) is 0 Å². The lowest BCUT2D eigenvalue weighted by atomic mass is 10.1. The molecule has 0 aliphatic carbocycles. The average Bonchev–Trinajstić information content (AvgIpc) is 2.19. The minimum absolute atomic E-state index is 0.00602. The number of benzene rings is 1. The van der Waals surface area contributed by atoms with Gasteiger partial charge in [-0.15, -0.1) is 0 Å². The van der Waals surface area contributed by atoms with Gasteiger partial charge in [0.1, 0.15) is 0 Å². The van der Waals surface area contributed by atoms with Gasteiger partial charge in [-0.1, -0.05) is 30.3 Å². The second kappa shape index (κ2) is 5.34. The number of carbonyl (C=O) groups excluding carboxylic acids is 1.